The molecule has 1 N–H and O–H groups in total. The lowest BCUT2D eigenvalue weighted by atomic mass is 10.1. The second-order valence-electron chi connectivity index (χ2n) is 2.73. The fourth-order valence-electron chi connectivity index (χ4n) is 1.35. The number of para-hydroxylation sites is 1. The van der Waals surface area contributed by atoms with Crippen LogP contribution in [0.2, 0.25) is 0 Å². The molecule has 2 rings (SSSR count). The number of fused-ring (bicyclic) bond motifs is 1. The summed E-state index contributed by atoms with van der Waals surface area (Å²) in [5.41, 5.74) is 1.38. The third kappa shape index (κ3) is 0.769. The standard InChI is InChI=1S/C9H8NO2/c1-10-7-5-3-2-4-6(7)8(11)9(10)12/h2-5,11H,1H3. The summed E-state index contributed by atoms with van der Waals surface area (Å²) in [5, 5.41) is 9.35. The smallest absolute Gasteiger partial charge is 0.267 e. The maximum absolute atomic E-state index is 11.2. The molecule has 0 saturated heterocycles. The van der Waals surface area contributed by atoms with Crippen LogP contribution in [0.25, 0.3) is 0 Å². The van der Waals surface area contributed by atoms with Gasteiger partial charge in [-0.25, -0.2) is 0 Å². The Morgan fingerprint density at radius 3 is 2.67 bits per heavy atom. The van der Waals surface area contributed by atoms with Crippen molar-refractivity contribution in [3.8, 4) is 0 Å². The van der Waals surface area contributed by atoms with E-state index in [-0.39, 0.29) is 12.0 Å². The molecule has 1 aliphatic heterocycles. The third-order valence-corrected chi connectivity index (χ3v) is 2.03. The second kappa shape index (κ2) is 2.32. The van der Waals surface area contributed by atoms with E-state index in [9.17, 15) is 9.90 Å². The van der Waals surface area contributed by atoms with E-state index in [2.05, 4.69) is 0 Å². The molecule has 1 aromatic rings. The summed E-state index contributed by atoms with van der Waals surface area (Å²) >= 11 is 0. The molecule has 1 radical (unpaired) electrons. The second-order valence-corrected chi connectivity index (χ2v) is 2.73. The SMILES string of the molecule is CN1C(=O)[C](O)c2ccccc21. The first kappa shape index (κ1) is 7.31. The summed E-state index contributed by atoms with van der Waals surface area (Å²) in [6, 6.07) is 7.16. The first-order valence-electron chi connectivity index (χ1n) is 3.65. The van der Waals surface area contributed by atoms with Gasteiger partial charge in [0.1, 0.15) is 0 Å². The Morgan fingerprint density at radius 1 is 1.33 bits per heavy atom. The van der Waals surface area contributed by atoms with Crippen LogP contribution in [0, 0.1) is 6.10 Å². The van der Waals surface area contributed by atoms with E-state index in [4.69, 9.17) is 0 Å². The zero-order valence-electron chi connectivity index (χ0n) is 6.61. The van der Waals surface area contributed by atoms with Gasteiger partial charge in [0.25, 0.3) is 5.91 Å². The van der Waals surface area contributed by atoms with Gasteiger partial charge in [-0.15, -0.1) is 0 Å². The first-order chi connectivity index (χ1) is 5.72. The zero-order valence-corrected chi connectivity index (χ0v) is 6.61. The number of benzene rings is 1. The predicted molar refractivity (Wildman–Crippen MR) is 44.1 cm³/mol. The normalized spacial score (nSPS) is 16.8. The van der Waals surface area contributed by atoms with E-state index in [1.807, 2.05) is 6.07 Å². The number of nitrogens with zero attached hydrogens (tertiary/aromatic N) is 1. The van der Waals surface area contributed by atoms with Crippen LogP contribution in [0.3, 0.4) is 0 Å². The van der Waals surface area contributed by atoms with Crippen molar-refractivity contribution in [1.29, 1.82) is 0 Å². The summed E-state index contributed by atoms with van der Waals surface area (Å²) in [7, 11) is 1.64. The fourth-order valence-corrected chi connectivity index (χ4v) is 1.35. The van der Waals surface area contributed by atoms with Gasteiger partial charge in [-0.1, -0.05) is 18.2 Å². The molecular weight excluding hydrogens is 154 g/mol. The molecule has 0 atom stereocenters. The maximum Gasteiger partial charge on any atom is 0.267 e. The minimum atomic E-state index is -0.337. The minimum Gasteiger partial charge on any atom is -0.372 e. The lowest BCUT2D eigenvalue weighted by molar-refractivity contribution is -0.118. The van der Waals surface area contributed by atoms with Crippen molar-refractivity contribution in [3.05, 3.63) is 35.9 Å². The number of anilines is 1. The van der Waals surface area contributed by atoms with E-state index < -0.39 is 0 Å². The van der Waals surface area contributed by atoms with Gasteiger partial charge < -0.3 is 10.0 Å². The largest absolute Gasteiger partial charge is 0.372 e. The molecule has 0 unspecified atom stereocenters. The van der Waals surface area contributed by atoms with Crippen LogP contribution in [0.1, 0.15) is 5.56 Å². The molecule has 0 spiro atoms. The van der Waals surface area contributed by atoms with Gasteiger partial charge in [-0.3, -0.25) is 4.79 Å². The maximum atomic E-state index is 11.2. The number of aliphatic hydroxyl groups excluding tert-OH is 1. The summed E-state index contributed by atoms with van der Waals surface area (Å²) in [4.78, 5) is 12.6. The average molecular weight is 162 g/mol. The molecule has 0 bridgehead atoms. The molecule has 1 aliphatic rings. The molecule has 12 heavy (non-hydrogen) atoms. The highest BCUT2D eigenvalue weighted by molar-refractivity contribution is 6.10. The predicted octanol–water partition coefficient (Wildman–Crippen LogP) is 0.916. The van der Waals surface area contributed by atoms with E-state index in [1.54, 1.807) is 25.2 Å². The number of aliphatic hydroxyl groups is 1. The van der Waals surface area contributed by atoms with Gasteiger partial charge >= 0.3 is 0 Å². The van der Waals surface area contributed by atoms with Gasteiger partial charge in [0.05, 0.1) is 5.69 Å². The lowest BCUT2D eigenvalue weighted by Crippen LogP contribution is -2.23. The summed E-state index contributed by atoms with van der Waals surface area (Å²) < 4.78 is 0. The van der Waals surface area contributed by atoms with Crippen molar-refractivity contribution in [2.75, 3.05) is 11.9 Å². The van der Waals surface area contributed by atoms with E-state index in [1.165, 1.54) is 4.90 Å². The zero-order chi connectivity index (χ0) is 8.72. The minimum absolute atomic E-state index is 0.159. The molecule has 0 saturated carbocycles. The Balaban J connectivity index is 2.59. The molecule has 1 aromatic carbocycles. The van der Waals surface area contributed by atoms with Crippen LogP contribution in [0.15, 0.2) is 24.3 Å². The van der Waals surface area contributed by atoms with E-state index in [0.29, 0.717) is 5.56 Å². The monoisotopic (exact) mass is 162 g/mol. The topological polar surface area (TPSA) is 40.5 Å². The van der Waals surface area contributed by atoms with Crippen molar-refractivity contribution < 1.29 is 9.90 Å². The molecular formula is C9H8NO2. The van der Waals surface area contributed by atoms with Crippen LogP contribution >= 0.6 is 0 Å². The molecule has 1 amide bonds. The van der Waals surface area contributed by atoms with Crippen molar-refractivity contribution in [2.24, 2.45) is 0 Å². The van der Waals surface area contributed by atoms with Crippen LogP contribution in [-0.4, -0.2) is 18.1 Å². The van der Waals surface area contributed by atoms with Gasteiger partial charge in [0.15, 0.2) is 0 Å². The number of hydrogen-bond acceptors (Lipinski definition) is 2. The highest BCUT2D eigenvalue weighted by Gasteiger charge is 2.34. The van der Waals surface area contributed by atoms with Crippen molar-refractivity contribution in [3.63, 3.8) is 0 Å². The van der Waals surface area contributed by atoms with Crippen molar-refractivity contribution in [2.45, 2.75) is 0 Å². The van der Waals surface area contributed by atoms with Crippen LogP contribution in [0.4, 0.5) is 5.69 Å². The van der Waals surface area contributed by atoms with Gasteiger partial charge in [0.2, 0.25) is 6.10 Å². The van der Waals surface area contributed by atoms with E-state index in [0.717, 1.165) is 5.69 Å². The quantitative estimate of drug-likeness (QED) is 0.616. The molecule has 0 aromatic heterocycles. The lowest BCUT2D eigenvalue weighted by Gasteiger charge is -2.07. The molecule has 3 nitrogen and oxygen atoms in total. The number of rotatable bonds is 0. The Kier molecular flexibility index (Phi) is 1.41. The van der Waals surface area contributed by atoms with Gasteiger partial charge in [0, 0.05) is 12.6 Å². The molecule has 1 heterocycles. The van der Waals surface area contributed by atoms with Crippen LogP contribution in [-0.2, 0) is 4.79 Å². The number of likely N-dealkylation sites (N-methyl/N-ethyl adjacent to an activating group) is 1. The number of hydrogen-bond donors (Lipinski definition) is 1. The number of amides is 1. The molecule has 61 valence electrons. The van der Waals surface area contributed by atoms with Gasteiger partial charge in [-0.05, 0) is 6.07 Å². The fraction of sp³-hybridized carbons (Fsp3) is 0.111. The Labute approximate surface area is 70.2 Å². The molecule has 0 fully saturated rings. The highest BCUT2D eigenvalue weighted by atomic mass is 16.3. The van der Waals surface area contributed by atoms with Gasteiger partial charge in [-0.2, -0.15) is 0 Å². The number of carbonyl (C=O) groups excluding carboxylic acids is 1. The third-order valence-electron chi connectivity index (χ3n) is 2.03. The first-order valence-corrected chi connectivity index (χ1v) is 3.65. The Hall–Kier alpha value is -1.35. The van der Waals surface area contributed by atoms with Crippen LogP contribution in [0.5, 0.6) is 0 Å². The Morgan fingerprint density at radius 2 is 2.00 bits per heavy atom. The summed E-state index contributed by atoms with van der Waals surface area (Å²) in [6.07, 6.45) is -0.159. The molecule has 0 aliphatic carbocycles. The van der Waals surface area contributed by atoms with E-state index >= 15 is 0 Å². The van der Waals surface area contributed by atoms with Crippen LogP contribution < -0.4 is 4.90 Å². The highest BCUT2D eigenvalue weighted by Crippen LogP contribution is 2.33. The van der Waals surface area contributed by atoms with Crippen molar-refractivity contribution in [1.82, 2.24) is 0 Å². The molecule has 3 heteroatoms. The summed E-state index contributed by atoms with van der Waals surface area (Å²) in [5.74, 6) is -0.337. The number of carbonyl (C=O) groups is 1. The average Bonchev–Trinajstić information content (AvgIpc) is 2.33. The van der Waals surface area contributed by atoms with Crippen molar-refractivity contribution >= 4 is 11.6 Å². The Bertz CT molecular complexity index is 304. The summed E-state index contributed by atoms with van der Waals surface area (Å²) in [6.45, 7) is 0.